The molecule has 0 spiro atoms. The number of fused-ring (bicyclic) bond motifs is 8. The predicted octanol–water partition coefficient (Wildman–Crippen LogP) is 17.7. The summed E-state index contributed by atoms with van der Waals surface area (Å²) in [6.07, 6.45) is 0. The van der Waals surface area contributed by atoms with Crippen LogP contribution in [0.15, 0.2) is 303 Å². The highest BCUT2D eigenvalue weighted by Crippen LogP contribution is 2.57. The van der Waals surface area contributed by atoms with Gasteiger partial charge >= 0.3 is 0 Å². The molecule has 0 nitrogen and oxygen atoms in total. The van der Waals surface area contributed by atoms with Crippen LogP contribution in [0.4, 0.5) is 0 Å². The zero-order valence-corrected chi connectivity index (χ0v) is 48.9. The zero-order valence-electron chi connectivity index (χ0n) is 46.9. The summed E-state index contributed by atoms with van der Waals surface area (Å²) in [5, 5.41) is 10.8. The lowest BCUT2D eigenvalue weighted by molar-refractivity contribution is 0.769. The molecule has 0 heterocycles. The Labute approximate surface area is 484 Å². The fraction of sp³-hybridized carbons (Fsp3) is 0.0750. The summed E-state index contributed by atoms with van der Waals surface area (Å²) < 4.78 is 0. The number of rotatable bonds is 10. The Hall–Kier alpha value is -9.19. The lowest BCUT2D eigenvalue weighted by atomic mass is 9.68. The molecule has 2 aliphatic carbocycles. The molecule has 0 atom stereocenters. The minimum Gasteiger partial charge on any atom is -0.0622 e. The van der Waals surface area contributed by atoms with Crippen molar-refractivity contribution in [3.63, 3.8) is 0 Å². The van der Waals surface area contributed by atoms with Crippen LogP contribution in [0.25, 0.3) is 66.1 Å². The summed E-state index contributed by atoms with van der Waals surface area (Å²) in [4.78, 5) is 0. The van der Waals surface area contributed by atoms with Crippen LogP contribution in [0.3, 0.4) is 0 Å². The molecule has 0 amide bonds. The Balaban J connectivity index is 0.794. The van der Waals surface area contributed by atoms with Crippen LogP contribution in [0.2, 0.25) is 26.2 Å². The largest absolute Gasteiger partial charge is 0.112 e. The molecule has 0 radical (unpaired) electrons. The van der Waals surface area contributed by atoms with Gasteiger partial charge in [0.15, 0.2) is 0 Å². The normalized spacial score (nSPS) is 13.8. The zero-order chi connectivity index (χ0) is 55.2. The molecule has 0 bridgehead atoms. The Morgan fingerprint density at radius 3 is 0.793 bits per heavy atom. The topological polar surface area (TPSA) is 0 Å². The molecule has 0 saturated carbocycles. The van der Waals surface area contributed by atoms with E-state index in [1.54, 1.807) is 0 Å². The van der Waals surface area contributed by atoms with Gasteiger partial charge in [0.05, 0.1) is 10.8 Å². The van der Waals surface area contributed by atoms with Crippen molar-refractivity contribution in [2.45, 2.75) is 37.0 Å². The first-order chi connectivity index (χ1) is 40.2. The summed E-state index contributed by atoms with van der Waals surface area (Å²) >= 11 is 0. The van der Waals surface area contributed by atoms with Gasteiger partial charge in [-0.2, -0.15) is 0 Å². The van der Waals surface area contributed by atoms with Gasteiger partial charge in [0.25, 0.3) is 0 Å². The average molecular weight is 1080 g/mol. The number of hydrogen-bond donors (Lipinski definition) is 0. The van der Waals surface area contributed by atoms with Gasteiger partial charge in [-0.05, 0) is 111 Å². The van der Waals surface area contributed by atoms with Crippen molar-refractivity contribution in [2.24, 2.45) is 0 Å². The van der Waals surface area contributed by atoms with Crippen molar-refractivity contribution < 1.29 is 0 Å². The Kier molecular flexibility index (Phi) is 11.7. The number of benzene rings is 13. The summed E-state index contributed by atoms with van der Waals surface area (Å²) in [7, 11) is -4.48. The van der Waals surface area contributed by atoms with Crippen molar-refractivity contribution in [1.29, 1.82) is 0 Å². The van der Waals surface area contributed by atoms with Gasteiger partial charge in [-0.15, -0.1) is 0 Å². The molecule has 13 aromatic carbocycles. The van der Waals surface area contributed by atoms with Gasteiger partial charge in [0.2, 0.25) is 0 Å². The SMILES string of the molecule is C[Si](C)(c1ccc(-c2c3ccccc3c(-c3ccc([Si](C)(C)c4ccc5c(c4)C(c4ccccc4)(c4ccccc4)c4ccccc4-5)cc3)c3ccccc23)cc1)c1ccc2c(c1)C(c1ccccc1)(c1ccccc1)c1ccccc1-2. The average Bonchev–Trinajstić information content (AvgIpc) is 1.82. The maximum absolute atomic E-state index is 2.58. The smallest absolute Gasteiger partial charge is 0.0622 e. The molecule has 0 aliphatic heterocycles. The van der Waals surface area contributed by atoms with Gasteiger partial charge in [0, 0.05) is 0 Å². The predicted molar refractivity (Wildman–Crippen MR) is 353 cm³/mol. The van der Waals surface area contributed by atoms with E-state index in [4.69, 9.17) is 0 Å². The van der Waals surface area contributed by atoms with Gasteiger partial charge in [0.1, 0.15) is 16.1 Å². The molecule has 2 heteroatoms. The lowest BCUT2D eigenvalue weighted by Gasteiger charge is -2.35. The van der Waals surface area contributed by atoms with E-state index in [-0.39, 0.29) is 0 Å². The first kappa shape index (κ1) is 49.8. The maximum Gasteiger partial charge on any atom is 0.112 e. The van der Waals surface area contributed by atoms with E-state index >= 15 is 0 Å². The highest BCUT2D eigenvalue weighted by Gasteiger charge is 2.48. The van der Waals surface area contributed by atoms with E-state index in [1.165, 1.54) is 131 Å². The fourth-order valence-corrected chi connectivity index (χ4v) is 19.5. The third kappa shape index (κ3) is 7.34. The monoisotopic (exact) mass is 1080 g/mol. The van der Waals surface area contributed by atoms with Crippen LogP contribution in [0.5, 0.6) is 0 Å². The Morgan fingerprint density at radius 1 is 0.220 bits per heavy atom. The quantitative estimate of drug-likeness (QED) is 0.0946. The minimum absolute atomic E-state index is 0.426. The van der Waals surface area contributed by atoms with Crippen molar-refractivity contribution in [3.8, 4) is 44.5 Å². The van der Waals surface area contributed by atoms with Crippen LogP contribution in [0.1, 0.15) is 44.5 Å². The molecule has 390 valence electrons. The minimum atomic E-state index is -2.24. The molecular formula is C80H62Si2. The van der Waals surface area contributed by atoms with E-state index in [0.717, 1.165) is 0 Å². The van der Waals surface area contributed by atoms with Gasteiger partial charge in [-0.1, -0.05) is 350 Å². The highest BCUT2D eigenvalue weighted by atomic mass is 28.3. The third-order valence-corrected chi connectivity index (χ3v) is 26.1. The summed E-state index contributed by atoms with van der Waals surface area (Å²) in [5.41, 5.74) is 20.2. The van der Waals surface area contributed by atoms with Crippen LogP contribution < -0.4 is 20.7 Å². The van der Waals surface area contributed by atoms with Crippen molar-refractivity contribution in [2.75, 3.05) is 0 Å². The molecule has 0 aromatic heterocycles. The molecule has 13 aromatic rings. The molecule has 0 fully saturated rings. The third-order valence-electron chi connectivity index (χ3n) is 19.1. The summed E-state index contributed by atoms with van der Waals surface area (Å²) in [6.45, 7) is 10.1. The van der Waals surface area contributed by atoms with Gasteiger partial charge in [-0.25, -0.2) is 0 Å². The van der Waals surface area contributed by atoms with Crippen LogP contribution >= 0.6 is 0 Å². The van der Waals surface area contributed by atoms with Crippen molar-refractivity contribution >= 4 is 58.4 Å². The van der Waals surface area contributed by atoms with E-state index in [1.807, 2.05) is 0 Å². The van der Waals surface area contributed by atoms with E-state index < -0.39 is 27.0 Å². The molecule has 0 unspecified atom stereocenters. The van der Waals surface area contributed by atoms with E-state index in [9.17, 15) is 0 Å². The second kappa shape index (κ2) is 19.2. The first-order valence-electron chi connectivity index (χ1n) is 29.1. The van der Waals surface area contributed by atoms with Gasteiger partial charge in [-0.3, -0.25) is 0 Å². The standard InChI is InChI=1S/C80H62Si2/c1-81(2,63-49-51-67-65-33-21-23-39-73(65)79(75(67)53-63,57-25-9-5-10-26-57)58-27-11-6-12-28-58)61-45-41-55(42-46-61)77-69-35-17-19-37-71(69)78(72-38-20-18-36-70(72)77)56-43-47-62(48-44-56)82(3,4)64-50-52-68-66-34-22-24-40-74(66)80(76(68)54-64,59-29-13-7-14-30-59)60-31-15-8-16-32-60/h5-54H,1-4H3. The molecule has 0 N–H and O–H groups in total. The lowest BCUT2D eigenvalue weighted by Crippen LogP contribution is -2.53. The Bertz CT molecular complexity index is 4150. The van der Waals surface area contributed by atoms with E-state index in [0.29, 0.717) is 0 Å². The maximum atomic E-state index is 2.58. The molecule has 0 saturated heterocycles. The molecular weight excluding hydrogens is 1020 g/mol. The fourth-order valence-electron chi connectivity index (χ4n) is 14.9. The van der Waals surface area contributed by atoms with Crippen molar-refractivity contribution in [1.82, 2.24) is 0 Å². The second-order valence-electron chi connectivity index (χ2n) is 23.8. The second-order valence-corrected chi connectivity index (χ2v) is 32.6. The molecule has 2 aliphatic rings. The Morgan fingerprint density at radius 2 is 0.476 bits per heavy atom. The van der Waals surface area contributed by atoms with Crippen LogP contribution in [0, 0.1) is 0 Å². The summed E-state index contributed by atoms with van der Waals surface area (Å²) in [5.74, 6) is 0. The molecule has 15 rings (SSSR count). The number of hydrogen-bond acceptors (Lipinski definition) is 0. The first-order valence-corrected chi connectivity index (χ1v) is 35.1. The van der Waals surface area contributed by atoms with Crippen LogP contribution in [-0.4, -0.2) is 16.1 Å². The highest BCUT2D eigenvalue weighted by molar-refractivity contribution is 7.01. The van der Waals surface area contributed by atoms with Gasteiger partial charge < -0.3 is 0 Å². The summed E-state index contributed by atoms with van der Waals surface area (Å²) in [6, 6.07) is 115. The molecule has 82 heavy (non-hydrogen) atoms. The van der Waals surface area contributed by atoms with E-state index in [2.05, 4.69) is 330 Å². The van der Waals surface area contributed by atoms with Crippen molar-refractivity contribution in [3.05, 3.63) is 348 Å². The van der Waals surface area contributed by atoms with Crippen LogP contribution in [-0.2, 0) is 10.8 Å².